The Labute approximate surface area is 101 Å². The summed E-state index contributed by atoms with van der Waals surface area (Å²) in [6, 6.07) is 13.5. The van der Waals surface area contributed by atoms with Crippen LogP contribution in [-0.2, 0) is 0 Å². The highest BCUT2D eigenvalue weighted by Gasteiger charge is 2.02. The van der Waals surface area contributed by atoms with Crippen LogP contribution in [0.4, 0.5) is 0 Å². The third-order valence-corrected chi connectivity index (χ3v) is 2.86. The van der Waals surface area contributed by atoms with Crippen molar-refractivity contribution in [3.63, 3.8) is 0 Å². The quantitative estimate of drug-likeness (QED) is 0.726. The molecule has 0 aliphatic rings. The van der Waals surface area contributed by atoms with E-state index in [4.69, 9.17) is 16.3 Å². The second-order valence-electron chi connectivity index (χ2n) is 3.78. The average molecular weight is 233 g/mol. The summed E-state index contributed by atoms with van der Waals surface area (Å²) in [6.07, 6.45) is 0. The van der Waals surface area contributed by atoms with Gasteiger partial charge >= 0.3 is 0 Å². The van der Waals surface area contributed by atoms with Gasteiger partial charge in [-0.2, -0.15) is 0 Å². The van der Waals surface area contributed by atoms with Crippen molar-refractivity contribution in [2.24, 2.45) is 0 Å². The lowest BCUT2D eigenvalue weighted by Gasteiger charge is -2.08. The highest BCUT2D eigenvalue weighted by Crippen LogP contribution is 2.29. The van der Waals surface area contributed by atoms with Gasteiger partial charge in [-0.05, 0) is 49.2 Å². The summed E-state index contributed by atoms with van der Waals surface area (Å²) in [5, 5.41) is 0.626. The number of halogens is 1. The molecule has 2 rings (SSSR count). The fourth-order valence-electron chi connectivity index (χ4n) is 1.43. The van der Waals surface area contributed by atoms with Gasteiger partial charge in [0, 0.05) is 0 Å². The van der Waals surface area contributed by atoms with Crippen molar-refractivity contribution in [1.29, 1.82) is 0 Å². The van der Waals surface area contributed by atoms with Gasteiger partial charge in [0.15, 0.2) is 0 Å². The molecule has 2 aromatic rings. The summed E-state index contributed by atoms with van der Waals surface area (Å²) in [7, 11) is 0. The molecule has 0 fully saturated rings. The number of ether oxygens (including phenoxy) is 1. The van der Waals surface area contributed by atoms with E-state index >= 15 is 0 Å². The summed E-state index contributed by atoms with van der Waals surface area (Å²) in [5.41, 5.74) is 2.47. The zero-order valence-corrected chi connectivity index (χ0v) is 10.1. The van der Waals surface area contributed by atoms with Crippen molar-refractivity contribution < 1.29 is 4.74 Å². The molecule has 0 radical (unpaired) electrons. The molecule has 0 heterocycles. The van der Waals surface area contributed by atoms with Gasteiger partial charge in [-0.1, -0.05) is 29.8 Å². The highest BCUT2D eigenvalue weighted by molar-refractivity contribution is 6.32. The third kappa shape index (κ3) is 2.37. The molecule has 0 amide bonds. The fraction of sp³-hybridized carbons (Fsp3) is 0.143. The van der Waals surface area contributed by atoms with Crippen LogP contribution in [0, 0.1) is 13.8 Å². The first-order valence-electron chi connectivity index (χ1n) is 5.16. The summed E-state index contributed by atoms with van der Waals surface area (Å²) in [5.74, 6) is 1.50. The zero-order valence-electron chi connectivity index (χ0n) is 9.33. The number of aryl methyl sites for hydroxylation is 2. The van der Waals surface area contributed by atoms with E-state index in [0.717, 1.165) is 5.75 Å². The topological polar surface area (TPSA) is 9.23 Å². The van der Waals surface area contributed by atoms with Gasteiger partial charge in [-0.25, -0.2) is 0 Å². The molecule has 0 aromatic heterocycles. The SMILES string of the molecule is Cc1ccc(Oc2ccccc2Cl)cc1C. The minimum atomic E-state index is 0.626. The van der Waals surface area contributed by atoms with Gasteiger partial charge in [-0.15, -0.1) is 0 Å². The van der Waals surface area contributed by atoms with Crippen LogP contribution in [0.25, 0.3) is 0 Å². The van der Waals surface area contributed by atoms with Crippen molar-refractivity contribution in [2.75, 3.05) is 0 Å². The molecule has 2 heteroatoms. The van der Waals surface area contributed by atoms with Crippen LogP contribution in [0.3, 0.4) is 0 Å². The highest BCUT2D eigenvalue weighted by atomic mass is 35.5. The van der Waals surface area contributed by atoms with Gasteiger partial charge in [-0.3, -0.25) is 0 Å². The van der Waals surface area contributed by atoms with E-state index in [9.17, 15) is 0 Å². The first kappa shape index (κ1) is 11.0. The van der Waals surface area contributed by atoms with Crippen LogP contribution in [0.2, 0.25) is 5.02 Å². The van der Waals surface area contributed by atoms with Crippen LogP contribution in [-0.4, -0.2) is 0 Å². The Bertz CT molecular complexity index is 506. The molecule has 0 atom stereocenters. The summed E-state index contributed by atoms with van der Waals surface area (Å²) in [4.78, 5) is 0. The fourth-order valence-corrected chi connectivity index (χ4v) is 1.61. The van der Waals surface area contributed by atoms with Crippen molar-refractivity contribution in [2.45, 2.75) is 13.8 Å². The maximum absolute atomic E-state index is 6.02. The van der Waals surface area contributed by atoms with E-state index < -0.39 is 0 Å². The van der Waals surface area contributed by atoms with Gasteiger partial charge in [0.1, 0.15) is 11.5 Å². The Morgan fingerprint density at radius 3 is 2.38 bits per heavy atom. The Balaban J connectivity index is 2.28. The number of rotatable bonds is 2. The Morgan fingerprint density at radius 1 is 0.938 bits per heavy atom. The van der Waals surface area contributed by atoms with Crippen molar-refractivity contribution in [1.82, 2.24) is 0 Å². The van der Waals surface area contributed by atoms with Crippen molar-refractivity contribution in [3.8, 4) is 11.5 Å². The molecule has 2 aromatic carbocycles. The Kier molecular flexibility index (Phi) is 3.16. The predicted molar refractivity (Wildman–Crippen MR) is 67.4 cm³/mol. The van der Waals surface area contributed by atoms with Gasteiger partial charge in [0.2, 0.25) is 0 Å². The van der Waals surface area contributed by atoms with E-state index in [0.29, 0.717) is 10.8 Å². The molecular weight excluding hydrogens is 220 g/mol. The lowest BCUT2D eigenvalue weighted by molar-refractivity contribution is 0.482. The molecule has 0 spiro atoms. The molecule has 0 saturated heterocycles. The number of hydrogen-bond donors (Lipinski definition) is 0. The third-order valence-electron chi connectivity index (χ3n) is 2.54. The smallest absolute Gasteiger partial charge is 0.146 e. The second kappa shape index (κ2) is 4.58. The monoisotopic (exact) mass is 232 g/mol. The van der Waals surface area contributed by atoms with Crippen LogP contribution in [0.5, 0.6) is 11.5 Å². The van der Waals surface area contributed by atoms with Gasteiger partial charge in [0.05, 0.1) is 5.02 Å². The standard InChI is InChI=1S/C14H13ClO/c1-10-7-8-12(9-11(10)2)16-14-6-4-3-5-13(14)15/h3-9H,1-2H3. The molecular formula is C14H13ClO. The van der Waals surface area contributed by atoms with E-state index in [1.807, 2.05) is 42.5 Å². The molecule has 82 valence electrons. The second-order valence-corrected chi connectivity index (χ2v) is 4.19. The normalized spacial score (nSPS) is 10.2. The van der Waals surface area contributed by atoms with E-state index in [1.165, 1.54) is 11.1 Å². The largest absolute Gasteiger partial charge is 0.456 e. The minimum Gasteiger partial charge on any atom is -0.456 e. The Hall–Kier alpha value is -1.47. The first-order valence-corrected chi connectivity index (χ1v) is 5.54. The van der Waals surface area contributed by atoms with Crippen LogP contribution in [0.15, 0.2) is 42.5 Å². The molecule has 1 nitrogen and oxygen atoms in total. The minimum absolute atomic E-state index is 0.626. The van der Waals surface area contributed by atoms with E-state index in [2.05, 4.69) is 13.8 Å². The molecule has 0 N–H and O–H groups in total. The maximum Gasteiger partial charge on any atom is 0.146 e. The maximum atomic E-state index is 6.02. The molecule has 16 heavy (non-hydrogen) atoms. The number of para-hydroxylation sites is 1. The predicted octanol–water partition coefficient (Wildman–Crippen LogP) is 4.75. The first-order chi connectivity index (χ1) is 7.66. The molecule has 0 aliphatic heterocycles. The number of benzene rings is 2. The molecule has 0 saturated carbocycles. The molecule has 0 bridgehead atoms. The summed E-state index contributed by atoms with van der Waals surface area (Å²) >= 11 is 6.02. The lowest BCUT2D eigenvalue weighted by Crippen LogP contribution is -1.87. The summed E-state index contributed by atoms with van der Waals surface area (Å²) < 4.78 is 5.71. The Morgan fingerprint density at radius 2 is 1.69 bits per heavy atom. The summed E-state index contributed by atoms with van der Waals surface area (Å²) in [6.45, 7) is 4.14. The van der Waals surface area contributed by atoms with Crippen LogP contribution in [0.1, 0.15) is 11.1 Å². The van der Waals surface area contributed by atoms with Gasteiger partial charge < -0.3 is 4.74 Å². The molecule has 0 unspecified atom stereocenters. The zero-order chi connectivity index (χ0) is 11.5. The van der Waals surface area contributed by atoms with E-state index in [-0.39, 0.29) is 0 Å². The van der Waals surface area contributed by atoms with Crippen molar-refractivity contribution >= 4 is 11.6 Å². The molecule has 0 aliphatic carbocycles. The van der Waals surface area contributed by atoms with Crippen LogP contribution < -0.4 is 4.74 Å². The van der Waals surface area contributed by atoms with Crippen LogP contribution >= 0.6 is 11.6 Å². The van der Waals surface area contributed by atoms with E-state index in [1.54, 1.807) is 0 Å². The average Bonchev–Trinajstić information content (AvgIpc) is 2.27. The van der Waals surface area contributed by atoms with Gasteiger partial charge in [0.25, 0.3) is 0 Å². The van der Waals surface area contributed by atoms with Crippen molar-refractivity contribution in [3.05, 3.63) is 58.6 Å². The number of hydrogen-bond acceptors (Lipinski definition) is 1. The lowest BCUT2D eigenvalue weighted by atomic mass is 10.1.